The van der Waals surface area contributed by atoms with Gasteiger partial charge in [-0.1, -0.05) is 0 Å². The van der Waals surface area contributed by atoms with E-state index in [0.717, 1.165) is 64.2 Å². The van der Waals surface area contributed by atoms with Crippen molar-refractivity contribution >= 4 is 5.91 Å². The van der Waals surface area contributed by atoms with Crippen molar-refractivity contribution in [3.05, 3.63) is 0 Å². The molecule has 0 aromatic heterocycles. The van der Waals surface area contributed by atoms with Gasteiger partial charge in [0.1, 0.15) is 6.79 Å². The Balaban J connectivity index is 1.13. The number of aliphatic hydroxyl groups excluding tert-OH is 1. The molecular weight excluding hydrogens is 458 g/mol. The third-order valence-corrected chi connectivity index (χ3v) is 11.4. The fraction of sp³-hybridized carbons (Fsp3) is 0.964. The van der Waals surface area contributed by atoms with Crippen molar-refractivity contribution in [2.75, 3.05) is 53.7 Å². The van der Waals surface area contributed by atoms with E-state index in [1.807, 2.05) is 7.11 Å². The number of ether oxygens (including phenoxy) is 3. The Kier molecular flexibility index (Phi) is 6.18. The molecule has 0 aromatic carbocycles. The molecule has 202 valence electrons. The maximum absolute atomic E-state index is 13.7. The summed E-state index contributed by atoms with van der Waals surface area (Å²) in [6.07, 6.45) is 9.39. The Hall–Kier alpha value is -0.770. The van der Waals surface area contributed by atoms with Crippen LogP contribution in [0.25, 0.3) is 0 Å². The van der Waals surface area contributed by atoms with Crippen molar-refractivity contribution in [3.63, 3.8) is 0 Å². The molecule has 4 saturated heterocycles. The van der Waals surface area contributed by atoms with Gasteiger partial charge in [0, 0.05) is 62.7 Å². The fourth-order valence-corrected chi connectivity index (χ4v) is 9.53. The second-order valence-corrected chi connectivity index (χ2v) is 13.3. The summed E-state index contributed by atoms with van der Waals surface area (Å²) in [6.45, 7) is 4.54. The zero-order valence-corrected chi connectivity index (χ0v) is 22.1. The van der Waals surface area contributed by atoms with Crippen LogP contribution in [-0.2, 0) is 19.0 Å². The summed E-state index contributed by atoms with van der Waals surface area (Å²) in [5, 5.41) is 10.7. The maximum Gasteiger partial charge on any atom is 0.225 e. The van der Waals surface area contributed by atoms with Crippen molar-refractivity contribution in [3.8, 4) is 0 Å². The molecule has 4 aliphatic heterocycles. The zero-order valence-electron chi connectivity index (χ0n) is 22.1. The summed E-state index contributed by atoms with van der Waals surface area (Å²) in [5.41, 5.74) is 0.151. The van der Waals surface area contributed by atoms with E-state index in [4.69, 9.17) is 14.2 Å². The lowest BCUT2D eigenvalue weighted by Crippen LogP contribution is -2.74. The van der Waals surface area contributed by atoms with E-state index < -0.39 is 0 Å². The molecule has 36 heavy (non-hydrogen) atoms. The third-order valence-electron chi connectivity index (χ3n) is 11.4. The number of fused-ring (bicyclic) bond motifs is 5. The Labute approximate surface area is 215 Å². The molecule has 4 heterocycles. The van der Waals surface area contributed by atoms with E-state index in [2.05, 4.69) is 21.7 Å². The zero-order chi connectivity index (χ0) is 24.6. The summed E-state index contributed by atoms with van der Waals surface area (Å²) >= 11 is 0. The molecule has 8 nitrogen and oxygen atoms in total. The summed E-state index contributed by atoms with van der Waals surface area (Å²) in [4.78, 5) is 21.1. The molecule has 0 radical (unpaired) electrons. The largest absolute Gasteiger partial charge is 0.395 e. The Morgan fingerprint density at radius 1 is 1.03 bits per heavy atom. The first-order valence-electron chi connectivity index (χ1n) is 14.6. The quantitative estimate of drug-likeness (QED) is 0.610. The van der Waals surface area contributed by atoms with Crippen molar-refractivity contribution < 1.29 is 24.1 Å². The van der Waals surface area contributed by atoms with Gasteiger partial charge in [-0.3, -0.25) is 14.6 Å². The number of likely N-dealkylation sites (N-methyl/N-ethyl adjacent to an activating group) is 1. The van der Waals surface area contributed by atoms with Crippen molar-refractivity contribution in [1.29, 1.82) is 0 Å². The molecule has 9 atom stereocenters. The number of carbonyl (C=O) groups excluding carboxylic acids is 1. The van der Waals surface area contributed by atoms with Gasteiger partial charge >= 0.3 is 0 Å². The molecule has 1 spiro atoms. The molecule has 3 aliphatic carbocycles. The predicted molar refractivity (Wildman–Crippen MR) is 133 cm³/mol. The van der Waals surface area contributed by atoms with Crippen molar-refractivity contribution in [1.82, 2.24) is 14.7 Å². The van der Waals surface area contributed by atoms with Crippen LogP contribution in [0.1, 0.15) is 51.4 Å². The number of piperidine rings is 1. The molecule has 7 fully saturated rings. The molecular formula is C28H45N3O5. The van der Waals surface area contributed by atoms with Crippen LogP contribution in [0.5, 0.6) is 0 Å². The second kappa shape index (κ2) is 9.16. The van der Waals surface area contributed by atoms with Gasteiger partial charge in [0.25, 0.3) is 0 Å². The van der Waals surface area contributed by atoms with Crippen LogP contribution in [0, 0.1) is 29.1 Å². The SMILES string of the molecule is COC1CCC2C(C1)N(C)C1C2C2(CN(C(=O)C3CCC4OCOC4C3)C2)CN(CC2CC2)[C@H]1CO. The number of aliphatic hydroxyl groups is 1. The predicted octanol–water partition coefficient (Wildman–Crippen LogP) is 1.56. The fourth-order valence-electron chi connectivity index (χ4n) is 9.53. The summed E-state index contributed by atoms with van der Waals surface area (Å²) in [5.74, 6) is 2.40. The van der Waals surface area contributed by atoms with Crippen LogP contribution in [0.4, 0.5) is 0 Å². The van der Waals surface area contributed by atoms with E-state index in [0.29, 0.717) is 42.7 Å². The summed E-state index contributed by atoms with van der Waals surface area (Å²) < 4.78 is 17.3. The average molecular weight is 504 g/mol. The Morgan fingerprint density at radius 3 is 2.58 bits per heavy atom. The van der Waals surface area contributed by atoms with E-state index in [1.54, 1.807) is 0 Å². The number of methoxy groups -OCH3 is 1. The molecule has 0 bridgehead atoms. The van der Waals surface area contributed by atoms with Crippen LogP contribution in [0.15, 0.2) is 0 Å². The number of hydrogen-bond donors (Lipinski definition) is 1. The van der Waals surface area contributed by atoms with Gasteiger partial charge in [-0.2, -0.15) is 0 Å². The molecule has 8 unspecified atom stereocenters. The standard InChI is InChI=1S/C28H45N3O5/c1-29-21-10-19(34-2)6-7-20(21)25-26(29)22(12-32)30(11-17-3-4-17)13-28(25)14-31(15-28)27(33)18-5-8-23-24(9-18)36-16-35-23/h17-26,32H,3-16H2,1-2H3/t18?,19?,20?,21?,22-,23?,24?,25?,26?/m0/s1. The van der Waals surface area contributed by atoms with Gasteiger partial charge in [0.05, 0.1) is 24.9 Å². The minimum atomic E-state index is 0.0774. The van der Waals surface area contributed by atoms with Gasteiger partial charge in [-0.25, -0.2) is 0 Å². The normalized spacial score (nSPS) is 46.3. The first-order chi connectivity index (χ1) is 17.5. The van der Waals surface area contributed by atoms with Crippen LogP contribution in [0.2, 0.25) is 0 Å². The minimum absolute atomic E-state index is 0.0774. The number of nitrogens with zero attached hydrogens (tertiary/aromatic N) is 3. The van der Waals surface area contributed by atoms with Crippen LogP contribution in [-0.4, -0.2) is 116 Å². The topological polar surface area (TPSA) is 74.7 Å². The van der Waals surface area contributed by atoms with Crippen molar-refractivity contribution in [2.24, 2.45) is 29.1 Å². The van der Waals surface area contributed by atoms with Crippen LogP contribution in [0.3, 0.4) is 0 Å². The van der Waals surface area contributed by atoms with Gasteiger partial charge in [0.2, 0.25) is 5.91 Å². The third kappa shape index (κ3) is 3.81. The second-order valence-electron chi connectivity index (χ2n) is 13.3. The number of hydrogen-bond acceptors (Lipinski definition) is 7. The first-order valence-corrected chi connectivity index (χ1v) is 14.6. The van der Waals surface area contributed by atoms with E-state index in [-0.39, 0.29) is 36.2 Å². The molecule has 0 aromatic rings. The van der Waals surface area contributed by atoms with E-state index in [9.17, 15) is 9.90 Å². The minimum Gasteiger partial charge on any atom is -0.395 e. The lowest BCUT2D eigenvalue weighted by atomic mass is 9.57. The van der Waals surface area contributed by atoms with E-state index in [1.165, 1.54) is 19.3 Å². The maximum atomic E-state index is 13.7. The molecule has 1 N–H and O–H groups in total. The lowest BCUT2D eigenvalue weighted by molar-refractivity contribution is -0.173. The molecule has 3 saturated carbocycles. The van der Waals surface area contributed by atoms with Gasteiger partial charge < -0.3 is 24.2 Å². The first kappa shape index (κ1) is 24.3. The Bertz CT molecular complexity index is 847. The van der Waals surface area contributed by atoms with Gasteiger partial charge in [-0.15, -0.1) is 0 Å². The highest BCUT2D eigenvalue weighted by molar-refractivity contribution is 5.80. The number of carbonyl (C=O) groups is 1. The Morgan fingerprint density at radius 2 is 1.83 bits per heavy atom. The molecule has 1 amide bonds. The number of amides is 1. The summed E-state index contributed by atoms with van der Waals surface area (Å²) in [6, 6.07) is 1.09. The highest BCUT2D eigenvalue weighted by Crippen LogP contribution is 2.58. The van der Waals surface area contributed by atoms with Crippen LogP contribution < -0.4 is 0 Å². The van der Waals surface area contributed by atoms with Gasteiger partial charge in [0.15, 0.2) is 0 Å². The van der Waals surface area contributed by atoms with Crippen LogP contribution >= 0.6 is 0 Å². The van der Waals surface area contributed by atoms with Gasteiger partial charge in [-0.05, 0) is 76.2 Å². The number of rotatable bonds is 5. The number of likely N-dealkylation sites (tertiary alicyclic amines) is 3. The highest BCUT2D eigenvalue weighted by Gasteiger charge is 2.66. The van der Waals surface area contributed by atoms with E-state index >= 15 is 0 Å². The smallest absolute Gasteiger partial charge is 0.225 e. The average Bonchev–Trinajstić information content (AvgIpc) is 3.48. The summed E-state index contributed by atoms with van der Waals surface area (Å²) in [7, 11) is 4.16. The highest BCUT2D eigenvalue weighted by atomic mass is 16.7. The lowest BCUT2D eigenvalue weighted by Gasteiger charge is -2.63. The molecule has 8 heteroatoms. The monoisotopic (exact) mass is 503 g/mol. The van der Waals surface area contributed by atoms with Crippen molar-refractivity contribution in [2.45, 2.75) is 87.8 Å². The molecule has 7 rings (SSSR count). The molecule has 7 aliphatic rings.